The predicted octanol–water partition coefficient (Wildman–Crippen LogP) is 2.49. The molecule has 10 nitrogen and oxygen atoms in total. The van der Waals surface area contributed by atoms with E-state index >= 15 is 0 Å². The molecule has 0 saturated heterocycles. The Kier molecular flexibility index (Phi) is 6.13. The number of carbonyl (C=O) groups excluding carboxylic acids is 1. The van der Waals surface area contributed by atoms with Crippen LogP contribution in [0.2, 0.25) is 0 Å². The highest BCUT2D eigenvalue weighted by Gasteiger charge is 2.20. The number of hydrogen-bond acceptors (Lipinski definition) is 8. The van der Waals surface area contributed by atoms with Gasteiger partial charge in [0.15, 0.2) is 0 Å². The van der Waals surface area contributed by atoms with E-state index in [0.717, 1.165) is 12.1 Å². The molecule has 0 radical (unpaired) electrons. The second-order valence-corrected chi connectivity index (χ2v) is 4.55. The van der Waals surface area contributed by atoms with Crippen LogP contribution in [-0.2, 0) is 9.53 Å². The van der Waals surface area contributed by atoms with Crippen LogP contribution >= 0.6 is 0 Å². The van der Waals surface area contributed by atoms with Crippen LogP contribution in [0.5, 0.6) is 0 Å². The average molecular weight is 324 g/mol. The number of hydrogen-bond donors (Lipinski definition) is 1. The van der Waals surface area contributed by atoms with Gasteiger partial charge in [0.05, 0.1) is 28.4 Å². The summed E-state index contributed by atoms with van der Waals surface area (Å²) < 4.78 is 4.85. The number of ether oxygens (including phenoxy) is 1. The summed E-state index contributed by atoms with van der Waals surface area (Å²) >= 11 is 0. The SMILES string of the molecule is CCOC(=O)[C@@H](C)/C(C)=N\Nc1ccc([N+](=O)[O-])cc1[N+](=O)[O-]. The lowest BCUT2D eigenvalue weighted by Crippen LogP contribution is -2.22. The highest BCUT2D eigenvalue weighted by Crippen LogP contribution is 2.29. The van der Waals surface area contributed by atoms with Gasteiger partial charge in [-0.15, -0.1) is 0 Å². The van der Waals surface area contributed by atoms with Crippen molar-refractivity contribution in [3.05, 3.63) is 38.4 Å². The van der Waals surface area contributed by atoms with E-state index in [4.69, 9.17) is 4.74 Å². The van der Waals surface area contributed by atoms with Gasteiger partial charge in [-0.2, -0.15) is 5.10 Å². The topological polar surface area (TPSA) is 137 Å². The number of benzene rings is 1. The van der Waals surface area contributed by atoms with Gasteiger partial charge in [0.2, 0.25) is 0 Å². The van der Waals surface area contributed by atoms with Gasteiger partial charge in [-0.05, 0) is 26.8 Å². The zero-order valence-corrected chi connectivity index (χ0v) is 12.8. The molecule has 10 heteroatoms. The average Bonchev–Trinajstić information content (AvgIpc) is 2.51. The molecule has 0 aliphatic rings. The molecule has 1 atom stereocenters. The largest absolute Gasteiger partial charge is 0.465 e. The molecular weight excluding hydrogens is 308 g/mol. The monoisotopic (exact) mass is 324 g/mol. The van der Waals surface area contributed by atoms with Gasteiger partial charge in [0.25, 0.3) is 5.69 Å². The molecular formula is C13H16N4O6. The van der Waals surface area contributed by atoms with Crippen molar-refractivity contribution in [3.8, 4) is 0 Å². The first-order chi connectivity index (χ1) is 10.8. The van der Waals surface area contributed by atoms with Gasteiger partial charge in [0, 0.05) is 11.8 Å². The van der Waals surface area contributed by atoms with Gasteiger partial charge in [-0.25, -0.2) is 0 Å². The van der Waals surface area contributed by atoms with Crippen molar-refractivity contribution in [2.45, 2.75) is 20.8 Å². The van der Waals surface area contributed by atoms with Crippen molar-refractivity contribution < 1.29 is 19.4 Å². The Morgan fingerprint density at radius 3 is 2.52 bits per heavy atom. The lowest BCUT2D eigenvalue weighted by atomic mass is 10.1. The summed E-state index contributed by atoms with van der Waals surface area (Å²) in [7, 11) is 0. The fourth-order valence-corrected chi connectivity index (χ4v) is 1.56. The predicted molar refractivity (Wildman–Crippen MR) is 82.3 cm³/mol. The van der Waals surface area contributed by atoms with Crippen molar-refractivity contribution >= 4 is 28.7 Å². The number of hydrazone groups is 1. The van der Waals surface area contributed by atoms with Crippen LogP contribution in [0.4, 0.5) is 17.1 Å². The molecule has 0 fully saturated rings. The number of nitrogens with zero attached hydrogens (tertiary/aromatic N) is 3. The summed E-state index contributed by atoms with van der Waals surface area (Å²) in [5.74, 6) is -1.09. The van der Waals surface area contributed by atoms with Gasteiger partial charge in [-0.3, -0.25) is 30.4 Å². The zero-order valence-electron chi connectivity index (χ0n) is 12.8. The van der Waals surface area contributed by atoms with Crippen LogP contribution in [0.3, 0.4) is 0 Å². The van der Waals surface area contributed by atoms with Crippen molar-refractivity contribution in [1.82, 2.24) is 0 Å². The van der Waals surface area contributed by atoms with Crippen LogP contribution in [0.15, 0.2) is 23.3 Å². The van der Waals surface area contributed by atoms with E-state index in [-0.39, 0.29) is 12.3 Å². The summed E-state index contributed by atoms with van der Waals surface area (Å²) in [4.78, 5) is 31.7. The van der Waals surface area contributed by atoms with Crippen molar-refractivity contribution in [1.29, 1.82) is 0 Å². The summed E-state index contributed by atoms with van der Waals surface area (Å²) in [6.45, 7) is 5.06. The Hall–Kier alpha value is -3.04. The minimum absolute atomic E-state index is 0.0176. The molecule has 0 bridgehead atoms. The lowest BCUT2D eigenvalue weighted by molar-refractivity contribution is -0.393. The molecule has 0 amide bonds. The van der Waals surface area contributed by atoms with E-state index in [9.17, 15) is 25.0 Å². The first-order valence-corrected chi connectivity index (χ1v) is 6.67. The standard InChI is InChI=1S/C13H16N4O6/c1-4-23-13(18)8(2)9(3)14-15-11-6-5-10(16(19)20)7-12(11)17(21)22/h5-8,15H,4H2,1-3H3/b14-9-/t8-/m0/s1. The molecule has 0 unspecified atom stereocenters. The quantitative estimate of drug-likeness (QED) is 0.352. The lowest BCUT2D eigenvalue weighted by Gasteiger charge is -2.10. The molecule has 1 aromatic carbocycles. The second kappa shape index (κ2) is 7.82. The van der Waals surface area contributed by atoms with E-state index in [2.05, 4.69) is 10.5 Å². The highest BCUT2D eigenvalue weighted by molar-refractivity contribution is 6.00. The minimum Gasteiger partial charge on any atom is -0.465 e. The minimum atomic E-state index is -0.755. The van der Waals surface area contributed by atoms with Crippen molar-refractivity contribution in [2.24, 2.45) is 11.0 Å². The summed E-state index contributed by atoms with van der Waals surface area (Å²) in [6, 6.07) is 3.14. The van der Waals surface area contributed by atoms with E-state index in [0.29, 0.717) is 5.71 Å². The third kappa shape index (κ3) is 4.73. The highest BCUT2D eigenvalue weighted by atomic mass is 16.6. The van der Waals surface area contributed by atoms with Gasteiger partial charge >= 0.3 is 11.7 Å². The first-order valence-electron chi connectivity index (χ1n) is 6.67. The van der Waals surface area contributed by atoms with E-state index in [1.807, 2.05) is 0 Å². The van der Waals surface area contributed by atoms with E-state index in [1.165, 1.54) is 6.07 Å². The third-order valence-electron chi connectivity index (χ3n) is 3.01. The molecule has 0 spiro atoms. The normalized spacial score (nSPS) is 12.4. The number of carbonyl (C=O) groups is 1. The van der Waals surface area contributed by atoms with Crippen LogP contribution < -0.4 is 5.43 Å². The van der Waals surface area contributed by atoms with Gasteiger partial charge in [0.1, 0.15) is 5.69 Å². The zero-order chi connectivity index (χ0) is 17.6. The maximum absolute atomic E-state index is 11.6. The molecule has 0 saturated carbocycles. The Balaban J connectivity index is 3.00. The fraction of sp³-hybridized carbons (Fsp3) is 0.385. The molecule has 0 aliphatic carbocycles. The summed E-state index contributed by atoms with van der Waals surface area (Å²) in [5, 5.41) is 25.6. The Labute approximate surface area is 131 Å². The van der Waals surface area contributed by atoms with Crippen molar-refractivity contribution in [3.63, 3.8) is 0 Å². The van der Waals surface area contributed by atoms with Crippen LogP contribution in [0, 0.1) is 26.1 Å². The molecule has 0 aliphatic heterocycles. The summed E-state index contributed by atoms with van der Waals surface area (Å²) in [5.41, 5.74) is 1.91. The van der Waals surface area contributed by atoms with Crippen molar-refractivity contribution in [2.75, 3.05) is 12.0 Å². The third-order valence-corrected chi connectivity index (χ3v) is 3.01. The fourth-order valence-electron chi connectivity index (χ4n) is 1.56. The van der Waals surface area contributed by atoms with Gasteiger partial charge < -0.3 is 4.74 Å². The number of nitrogens with one attached hydrogen (secondary N) is 1. The van der Waals surface area contributed by atoms with Crippen LogP contribution in [0.25, 0.3) is 0 Å². The Bertz CT molecular complexity index is 658. The molecule has 1 aromatic rings. The number of esters is 1. The number of anilines is 1. The molecule has 124 valence electrons. The number of rotatable bonds is 7. The molecule has 1 rings (SSSR count). The maximum atomic E-state index is 11.6. The number of nitro groups is 2. The number of nitro benzene ring substituents is 2. The van der Waals surface area contributed by atoms with E-state index in [1.54, 1.807) is 20.8 Å². The Morgan fingerprint density at radius 2 is 2.00 bits per heavy atom. The molecule has 1 N–H and O–H groups in total. The molecule has 0 heterocycles. The maximum Gasteiger partial charge on any atom is 0.314 e. The second-order valence-electron chi connectivity index (χ2n) is 4.55. The smallest absolute Gasteiger partial charge is 0.314 e. The number of non-ortho nitro benzene ring substituents is 1. The summed E-state index contributed by atoms with van der Waals surface area (Å²) in [6.07, 6.45) is 0. The Morgan fingerprint density at radius 1 is 1.35 bits per heavy atom. The molecule has 0 aromatic heterocycles. The van der Waals surface area contributed by atoms with E-state index < -0.39 is 33.1 Å². The van der Waals surface area contributed by atoms with Crippen LogP contribution in [0.1, 0.15) is 20.8 Å². The van der Waals surface area contributed by atoms with Gasteiger partial charge in [-0.1, -0.05) is 0 Å². The molecule has 23 heavy (non-hydrogen) atoms. The first kappa shape index (κ1) is 18.0. The van der Waals surface area contributed by atoms with Crippen LogP contribution in [-0.4, -0.2) is 28.1 Å².